The molecule has 0 saturated carbocycles. The van der Waals surface area contributed by atoms with Crippen LogP contribution in [0, 0.1) is 5.92 Å². The molecule has 5 nitrogen and oxygen atoms in total. The van der Waals surface area contributed by atoms with Gasteiger partial charge in [-0.3, -0.25) is 0 Å². The number of anilines is 4. The maximum Gasteiger partial charge on any atom is 0.421 e. The van der Waals surface area contributed by atoms with Crippen molar-refractivity contribution in [3.8, 4) is 5.75 Å². The topological polar surface area (TPSA) is 59.1 Å². The average molecular weight is 459 g/mol. The maximum atomic E-state index is 13.6. The first-order valence-corrected chi connectivity index (χ1v) is 11.0. The van der Waals surface area contributed by atoms with E-state index in [0.717, 1.165) is 12.6 Å². The highest BCUT2D eigenvalue weighted by molar-refractivity contribution is 5.67. The molecular weight excluding hydrogens is 429 g/mol. The molecule has 1 atom stereocenters. The van der Waals surface area contributed by atoms with E-state index < -0.39 is 11.7 Å². The minimum atomic E-state index is -4.62. The van der Waals surface area contributed by atoms with E-state index in [4.69, 9.17) is 4.74 Å². The van der Waals surface area contributed by atoms with Crippen LogP contribution in [0.2, 0.25) is 0 Å². The monoisotopic (exact) mass is 458 g/mol. The van der Waals surface area contributed by atoms with E-state index in [2.05, 4.69) is 34.4 Å². The van der Waals surface area contributed by atoms with Crippen LogP contribution in [-0.4, -0.2) is 16.6 Å². The van der Waals surface area contributed by atoms with E-state index in [1.165, 1.54) is 5.56 Å². The second-order valence-corrected chi connectivity index (χ2v) is 8.34. The fraction of sp³-hybridized carbons (Fsp3) is 0.360. The zero-order valence-corrected chi connectivity index (χ0v) is 19.2. The first-order chi connectivity index (χ1) is 15.7. The molecule has 0 spiro atoms. The molecule has 3 rings (SSSR count). The molecule has 0 amide bonds. The number of halogens is 3. The summed E-state index contributed by atoms with van der Waals surface area (Å²) in [4.78, 5) is 8.02. The zero-order chi connectivity index (χ0) is 24.0. The van der Waals surface area contributed by atoms with Gasteiger partial charge in [0, 0.05) is 11.9 Å². The number of aromatic nitrogens is 2. The molecule has 2 N–H and O–H groups in total. The highest BCUT2D eigenvalue weighted by atomic mass is 19.4. The van der Waals surface area contributed by atoms with E-state index in [-0.39, 0.29) is 17.7 Å². The first kappa shape index (κ1) is 24.4. The fourth-order valence-corrected chi connectivity index (χ4v) is 3.08. The first-order valence-electron chi connectivity index (χ1n) is 11.0. The molecule has 1 aromatic heterocycles. The predicted molar refractivity (Wildman–Crippen MR) is 126 cm³/mol. The number of ether oxygens (including phenoxy) is 1. The third-order valence-electron chi connectivity index (χ3n) is 5.15. The fourth-order valence-electron chi connectivity index (χ4n) is 3.08. The number of nitrogens with one attached hydrogen (secondary N) is 2. The summed E-state index contributed by atoms with van der Waals surface area (Å²) in [5.74, 6) is 0.854. The van der Waals surface area contributed by atoms with E-state index in [0.29, 0.717) is 29.6 Å². The summed E-state index contributed by atoms with van der Waals surface area (Å²) in [7, 11) is 0. The molecule has 0 aliphatic carbocycles. The van der Waals surface area contributed by atoms with Gasteiger partial charge in [-0.1, -0.05) is 52.0 Å². The van der Waals surface area contributed by atoms with Gasteiger partial charge in [0.1, 0.15) is 17.1 Å². The van der Waals surface area contributed by atoms with Crippen molar-refractivity contribution in [1.82, 2.24) is 9.97 Å². The van der Waals surface area contributed by atoms with Gasteiger partial charge < -0.3 is 15.4 Å². The van der Waals surface area contributed by atoms with Crippen LogP contribution >= 0.6 is 0 Å². The third kappa shape index (κ3) is 6.60. The molecule has 0 saturated heterocycles. The summed E-state index contributed by atoms with van der Waals surface area (Å²) >= 11 is 0. The molecule has 0 aliphatic rings. The molecule has 8 heteroatoms. The van der Waals surface area contributed by atoms with Crippen LogP contribution in [0.3, 0.4) is 0 Å². The van der Waals surface area contributed by atoms with Crippen LogP contribution < -0.4 is 15.4 Å². The lowest BCUT2D eigenvalue weighted by atomic mass is 9.99. The van der Waals surface area contributed by atoms with Crippen molar-refractivity contribution in [2.45, 2.75) is 46.2 Å². The second kappa shape index (κ2) is 10.6. The zero-order valence-electron chi connectivity index (χ0n) is 19.2. The number of alkyl halides is 3. The molecule has 0 radical (unpaired) electrons. The van der Waals surface area contributed by atoms with Crippen LogP contribution in [0.15, 0.2) is 54.7 Å². The van der Waals surface area contributed by atoms with Crippen molar-refractivity contribution < 1.29 is 17.9 Å². The Bertz CT molecular complexity index is 1050. The van der Waals surface area contributed by atoms with Crippen molar-refractivity contribution in [1.29, 1.82) is 0 Å². The Hall–Kier alpha value is -3.29. The molecule has 176 valence electrons. The van der Waals surface area contributed by atoms with Gasteiger partial charge in [-0.25, -0.2) is 4.98 Å². The van der Waals surface area contributed by atoms with Crippen molar-refractivity contribution in [2.75, 3.05) is 17.2 Å². The summed E-state index contributed by atoms with van der Waals surface area (Å²) in [5, 5.41) is 5.78. The normalized spacial score (nSPS) is 12.5. The van der Waals surface area contributed by atoms with Gasteiger partial charge in [-0.2, -0.15) is 18.2 Å². The number of benzene rings is 2. The lowest BCUT2D eigenvalue weighted by Crippen LogP contribution is -2.13. The van der Waals surface area contributed by atoms with E-state index in [1.54, 1.807) is 24.3 Å². The van der Waals surface area contributed by atoms with Gasteiger partial charge in [0.2, 0.25) is 5.95 Å². The highest BCUT2D eigenvalue weighted by Crippen LogP contribution is 2.37. The van der Waals surface area contributed by atoms with Crippen LogP contribution in [0.1, 0.15) is 51.2 Å². The smallest absolute Gasteiger partial charge is 0.421 e. The van der Waals surface area contributed by atoms with Crippen molar-refractivity contribution >= 4 is 23.1 Å². The van der Waals surface area contributed by atoms with E-state index in [9.17, 15) is 13.2 Å². The Morgan fingerprint density at radius 2 is 1.67 bits per heavy atom. The summed E-state index contributed by atoms with van der Waals surface area (Å²) in [5.41, 5.74) is 1.32. The number of nitrogens with zero attached hydrogens (tertiary/aromatic N) is 2. The van der Waals surface area contributed by atoms with Crippen molar-refractivity contribution in [2.24, 2.45) is 5.92 Å². The lowest BCUT2D eigenvalue weighted by Gasteiger charge is -2.17. The number of rotatable bonds is 9. The number of hydrogen-bond donors (Lipinski definition) is 2. The van der Waals surface area contributed by atoms with Crippen LogP contribution in [-0.2, 0) is 6.18 Å². The van der Waals surface area contributed by atoms with Crippen LogP contribution in [0.5, 0.6) is 5.75 Å². The SMILES string of the molecule is CCC(C)c1ccc(Nc2ncc(C(F)(F)F)c(Nc3ccccc3OCC(C)C)n2)cc1. The Morgan fingerprint density at radius 1 is 0.970 bits per heavy atom. The van der Waals surface area contributed by atoms with Gasteiger partial charge in [-0.15, -0.1) is 0 Å². The molecule has 1 heterocycles. The largest absolute Gasteiger partial charge is 0.491 e. The van der Waals surface area contributed by atoms with Gasteiger partial charge in [0.15, 0.2) is 0 Å². The second-order valence-electron chi connectivity index (χ2n) is 8.34. The maximum absolute atomic E-state index is 13.6. The third-order valence-corrected chi connectivity index (χ3v) is 5.15. The molecule has 0 fully saturated rings. The Labute approximate surface area is 192 Å². The van der Waals surface area contributed by atoms with Gasteiger partial charge in [0.05, 0.1) is 12.3 Å². The summed E-state index contributed by atoms with van der Waals surface area (Å²) in [6, 6.07) is 14.5. The van der Waals surface area contributed by atoms with E-state index >= 15 is 0 Å². The summed E-state index contributed by atoms with van der Waals surface area (Å²) in [6.45, 7) is 8.69. The predicted octanol–water partition coefficient (Wildman–Crippen LogP) is 7.53. The summed E-state index contributed by atoms with van der Waals surface area (Å²) in [6.07, 6.45) is -2.82. The average Bonchev–Trinajstić information content (AvgIpc) is 2.78. The summed E-state index contributed by atoms with van der Waals surface area (Å²) < 4.78 is 46.7. The van der Waals surface area contributed by atoms with Crippen molar-refractivity contribution in [3.05, 3.63) is 65.9 Å². The number of para-hydroxylation sites is 2. The molecule has 0 aliphatic heterocycles. The van der Waals surface area contributed by atoms with Crippen LogP contribution in [0.4, 0.5) is 36.3 Å². The van der Waals surface area contributed by atoms with E-state index in [1.807, 2.05) is 38.1 Å². The Morgan fingerprint density at radius 3 is 2.30 bits per heavy atom. The molecule has 0 bridgehead atoms. The van der Waals surface area contributed by atoms with Gasteiger partial charge in [-0.05, 0) is 48.1 Å². The van der Waals surface area contributed by atoms with Crippen LogP contribution in [0.25, 0.3) is 0 Å². The highest BCUT2D eigenvalue weighted by Gasteiger charge is 2.35. The number of hydrogen-bond acceptors (Lipinski definition) is 5. The Balaban J connectivity index is 1.89. The quantitative estimate of drug-likeness (QED) is 0.347. The van der Waals surface area contributed by atoms with Gasteiger partial charge >= 0.3 is 6.18 Å². The minimum Gasteiger partial charge on any atom is -0.491 e. The molecule has 33 heavy (non-hydrogen) atoms. The van der Waals surface area contributed by atoms with Gasteiger partial charge in [0.25, 0.3) is 0 Å². The lowest BCUT2D eigenvalue weighted by molar-refractivity contribution is -0.137. The molecule has 1 unspecified atom stereocenters. The Kier molecular flexibility index (Phi) is 7.79. The molecule has 3 aromatic rings. The van der Waals surface area contributed by atoms with Crippen molar-refractivity contribution in [3.63, 3.8) is 0 Å². The molecular formula is C25H29F3N4O. The minimum absolute atomic E-state index is 0.0577. The molecule has 2 aromatic carbocycles. The standard InChI is InChI=1S/C25H29F3N4O/c1-5-17(4)18-10-12-19(13-11-18)30-24-29-14-20(25(26,27)28)23(32-24)31-21-8-6-7-9-22(21)33-15-16(2)3/h6-14,16-17H,5,15H2,1-4H3,(H2,29,30,31,32).